The molecule has 4 heteroatoms. The van der Waals surface area contributed by atoms with E-state index in [9.17, 15) is 4.39 Å². The average Bonchev–Trinajstić information content (AvgIpc) is 2.34. The molecule has 1 aromatic carbocycles. The third-order valence-electron chi connectivity index (χ3n) is 2.33. The van der Waals surface area contributed by atoms with Gasteiger partial charge >= 0.3 is 0 Å². The summed E-state index contributed by atoms with van der Waals surface area (Å²) < 4.78 is 23.8. The number of hydrogen-bond donors (Lipinski definition) is 1. The summed E-state index contributed by atoms with van der Waals surface area (Å²) in [5.41, 5.74) is 0.925. The quantitative estimate of drug-likeness (QED) is 0.709. The average molecular weight is 241 g/mol. The van der Waals surface area contributed by atoms with Crippen molar-refractivity contribution in [2.75, 3.05) is 26.9 Å². The zero-order valence-corrected chi connectivity index (χ0v) is 10.5. The van der Waals surface area contributed by atoms with Crippen LogP contribution >= 0.6 is 0 Å². The number of halogens is 1. The molecule has 0 heterocycles. The molecular formula is C13H20FNO2. The Morgan fingerprint density at radius 3 is 2.76 bits per heavy atom. The highest BCUT2D eigenvalue weighted by Crippen LogP contribution is 2.18. The molecule has 0 aliphatic heterocycles. The molecule has 0 aromatic heterocycles. The van der Waals surface area contributed by atoms with Crippen molar-refractivity contribution in [3.63, 3.8) is 0 Å². The van der Waals surface area contributed by atoms with Crippen molar-refractivity contribution < 1.29 is 13.9 Å². The standard InChI is InChI=1S/C13H20FNO2/c1-3-15-10-11-5-6-13(12(14)9-11)17-8-4-7-16-2/h5-6,9,15H,3-4,7-8,10H2,1-2H3. The Morgan fingerprint density at radius 1 is 1.29 bits per heavy atom. The van der Waals surface area contributed by atoms with Gasteiger partial charge in [0, 0.05) is 26.7 Å². The van der Waals surface area contributed by atoms with Crippen LogP contribution < -0.4 is 10.1 Å². The predicted octanol–water partition coefficient (Wildman–Crippen LogP) is 2.35. The van der Waals surface area contributed by atoms with Gasteiger partial charge in [0.25, 0.3) is 0 Å². The SMILES string of the molecule is CCNCc1ccc(OCCCOC)c(F)c1. The largest absolute Gasteiger partial charge is 0.490 e. The van der Waals surface area contributed by atoms with E-state index in [0.717, 1.165) is 18.5 Å². The Hall–Kier alpha value is -1.13. The Kier molecular flexibility index (Phi) is 6.58. The number of rotatable bonds is 8. The van der Waals surface area contributed by atoms with Gasteiger partial charge in [-0.05, 0) is 24.2 Å². The highest BCUT2D eigenvalue weighted by atomic mass is 19.1. The minimum Gasteiger partial charge on any atom is -0.490 e. The molecule has 0 amide bonds. The molecule has 1 rings (SSSR count). The van der Waals surface area contributed by atoms with Gasteiger partial charge in [0.2, 0.25) is 0 Å². The zero-order valence-electron chi connectivity index (χ0n) is 10.5. The fourth-order valence-electron chi connectivity index (χ4n) is 1.43. The lowest BCUT2D eigenvalue weighted by Crippen LogP contribution is -2.12. The van der Waals surface area contributed by atoms with Gasteiger partial charge in [0.1, 0.15) is 0 Å². The molecule has 3 nitrogen and oxygen atoms in total. The van der Waals surface area contributed by atoms with Crippen molar-refractivity contribution in [2.45, 2.75) is 19.9 Å². The Balaban J connectivity index is 2.45. The van der Waals surface area contributed by atoms with Crippen LogP contribution in [0.15, 0.2) is 18.2 Å². The summed E-state index contributed by atoms with van der Waals surface area (Å²) >= 11 is 0. The molecule has 0 aliphatic rings. The molecule has 0 radical (unpaired) electrons. The zero-order chi connectivity index (χ0) is 12.5. The van der Waals surface area contributed by atoms with E-state index in [1.807, 2.05) is 13.0 Å². The molecule has 96 valence electrons. The summed E-state index contributed by atoms with van der Waals surface area (Å²) in [6.07, 6.45) is 0.759. The van der Waals surface area contributed by atoms with Crippen LogP contribution in [0.2, 0.25) is 0 Å². The lowest BCUT2D eigenvalue weighted by molar-refractivity contribution is 0.170. The van der Waals surface area contributed by atoms with Crippen molar-refractivity contribution in [1.82, 2.24) is 5.32 Å². The first kappa shape index (κ1) is 13.9. The van der Waals surface area contributed by atoms with Gasteiger partial charge in [-0.2, -0.15) is 0 Å². The summed E-state index contributed by atoms with van der Waals surface area (Å²) in [6, 6.07) is 5.06. The summed E-state index contributed by atoms with van der Waals surface area (Å²) in [5.74, 6) is -0.000767. The molecule has 1 N–H and O–H groups in total. The van der Waals surface area contributed by atoms with E-state index in [4.69, 9.17) is 9.47 Å². The van der Waals surface area contributed by atoms with E-state index in [1.54, 1.807) is 13.2 Å². The van der Waals surface area contributed by atoms with E-state index in [1.165, 1.54) is 6.07 Å². The minimum atomic E-state index is -0.308. The molecule has 0 spiro atoms. The maximum Gasteiger partial charge on any atom is 0.165 e. The smallest absolute Gasteiger partial charge is 0.165 e. The number of ether oxygens (including phenoxy) is 2. The summed E-state index contributed by atoms with van der Waals surface area (Å²) in [4.78, 5) is 0. The topological polar surface area (TPSA) is 30.5 Å². The Bertz CT molecular complexity index is 331. The summed E-state index contributed by atoms with van der Waals surface area (Å²) in [7, 11) is 1.64. The molecule has 0 bridgehead atoms. The fraction of sp³-hybridized carbons (Fsp3) is 0.538. The first-order valence-corrected chi connectivity index (χ1v) is 5.88. The van der Waals surface area contributed by atoms with Gasteiger partial charge < -0.3 is 14.8 Å². The second-order valence-electron chi connectivity index (χ2n) is 3.74. The van der Waals surface area contributed by atoms with E-state index in [-0.39, 0.29) is 5.82 Å². The number of methoxy groups -OCH3 is 1. The summed E-state index contributed by atoms with van der Waals surface area (Å²) in [6.45, 7) is 4.66. The lowest BCUT2D eigenvalue weighted by Gasteiger charge is -2.08. The lowest BCUT2D eigenvalue weighted by atomic mass is 10.2. The fourth-order valence-corrected chi connectivity index (χ4v) is 1.43. The number of nitrogens with one attached hydrogen (secondary N) is 1. The van der Waals surface area contributed by atoms with Crippen LogP contribution in [0, 0.1) is 5.82 Å². The van der Waals surface area contributed by atoms with Crippen molar-refractivity contribution >= 4 is 0 Å². The van der Waals surface area contributed by atoms with Gasteiger partial charge in [-0.3, -0.25) is 0 Å². The van der Waals surface area contributed by atoms with Crippen LogP contribution in [0.25, 0.3) is 0 Å². The Morgan fingerprint density at radius 2 is 2.12 bits per heavy atom. The molecule has 0 fully saturated rings. The van der Waals surface area contributed by atoms with E-state index >= 15 is 0 Å². The molecule has 0 unspecified atom stereocenters. The second-order valence-corrected chi connectivity index (χ2v) is 3.74. The van der Waals surface area contributed by atoms with Gasteiger partial charge in [0.05, 0.1) is 6.61 Å². The first-order chi connectivity index (χ1) is 8.27. The van der Waals surface area contributed by atoms with Crippen LogP contribution in [-0.2, 0) is 11.3 Å². The molecule has 0 saturated carbocycles. The summed E-state index contributed by atoms with van der Waals surface area (Å²) in [5, 5.41) is 3.15. The highest BCUT2D eigenvalue weighted by molar-refractivity contribution is 5.29. The van der Waals surface area contributed by atoms with Crippen LogP contribution in [-0.4, -0.2) is 26.9 Å². The van der Waals surface area contributed by atoms with Gasteiger partial charge in [-0.15, -0.1) is 0 Å². The molecule has 17 heavy (non-hydrogen) atoms. The van der Waals surface area contributed by atoms with Gasteiger partial charge in [0.15, 0.2) is 11.6 Å². The Labute approximate surface area is 102 Å². The normalized spacial score (nSPS) is 10.5. The monoisotopic (exact) mass is 241 g/mol. The number of hydrogen-bond acceptors (Lipinski definition) is 3. The highest BCUT2D eigenvalue weighted by Gasteiger charge is 2.04. The van der Waals surface area contributed by atoms with Crippen molar-refractivity contribution in [3.05, 3.63) is 29.6 Å². The molecule has 0 saturated heterocycles. The van der Waals surface area contributed by atoms with E-state index < -0.39 is 0 Å². The minimum absolute atomic E-state index is 0.307. The van der Waals surface area contributed by atoms with Crippen LogP contribution in [0.4, 0.5) is 4.39 Å². The molecular weight excluding hydrogens is 221 g/mol. The predicted molar refractivity (Wildman–Crippen MR) is 65.8 cm³/mol. The maximum absolute atomic E-state index is 13.6. The van der Waals surface area contributed by atoms with E-state index in [0.29, 0.717) is 25.5 Å². The molecule has 0 aliphatic carbocycles. The number of benzene rings is 1. The van der Waals surface area contributed by atoms with Crippen molar-refractivity contribution in [3.8, 4) is 5.75 Å². The van der Waals surface area contributed by atoms with Gasteiger partial charge in [-0.25, -0.2) is 4.39 Å². The molecule has 1 aromatic rings. The van der Waals surface area contributed by atoms with Crippen LogP contribution in [0.3, 0.4) is 0 Å². The maximum atomic E-state index is 13.6. The van der Waals surface area contributed by atoms with E-state index in [2.05, 4.69) is 5.32 Å². The first-order valence-electron chi connectivity index (χ1n) is 5.88. The third-order valence-corrected chi connectivity index (χ3v) is 2.33. The van der Waals surface area contributed by atoms with Crippen LogP contribution in [0.1, 0.15) is 18.9 Å². The van der Waals surface area contributed by atoms with Gasteiger partial charge in [-0.1, -0.05) is 13.0 Å². The second kappa shape index (κ2) is 8.03. The molecule has 0 atom stereocenters. The van der Waals surface area contributed by atoms with Crippen molar-refractivity contribution in [1.29, 1.82) is 0 Å². The third kappa shape index (κ3) is 5.15. The van der Waals surface area contributed by atoms with Crippen LogP contribution in [0.5, 0.6) is 5.75 Å². The van der Waals surface area contributed by atoms with Crippen molar-refractivity contribution in [2.24, 2.45) is 0 Å².